The molecule has 1 atom stereocenters. The molecule has 1 unspecified atom stereocenters. The topological polar surface area (TPSA) is 50.6 Å². The number of amidine groups is 1. The Morgan fingerprint density at radius 2 is 1.23 bits per heavy atom. The van der Waals surface area contributed by atoms with Crippen LogP contribution in [-0.4, -0.2) is 40.5 Å². The molecule has 3 heterocycles. The van der Waals surface area contributed by atoms with Crippen molar-refractivity contribution in [3.63, 3.8) is 0 Å². The van der Waals surface area contributed by atoms with Gasteiger partial charge in [0.2, 0.25) is 0 Å². The molecule has 0 amide bonds. The molecule has 0 fully saturated rings. The van der Waals surface area contributed by atoms with Crippen LogP contribution in [0, 0.1) is 0 Å². The van der Waals surface area contributed by atoms with E-state index in [0.29, 0.717) is 6.54 Å². The molecule has 0 saturated heterocycles. The Morgan fingerprint density at radius 3 is 1.89 bits per heavy atom. The van der Waals surface area contributed by atoms with E-state index in [-0.39, 0.29) is 6.17 Å². The van der Waals surface area contributed by atoms with E-state index in [9.17, 15) is 0 Å². The van der Waals surface area contributed by atoms with Crippen LogP contribution in [0.4, 0.5) is 0 Å². The van der Waals surface area contributed by atoms with Crippen molar-refractivity contribution < 1.29 is 4.42 Å². The maximum absolute atomic E-state index is 6.26. The molecule has 3 aromatic heterocycles. The summed E-state index contributed by atoms with van der Waals surface area (Å²) in [6, 6.07) is 56.3. The molecule has 0 aliphatic carbocycles. The van der Waals surface area contributed by atoms with Gasteiger partial charge in [0.25, 0.3) is 0 Å². The minimum absolute atomic E-state index is 0.123. The first-order valence-corrected chi connectivity index (χ1v) is 19.4. The summed E-state index contributed by atoms with van der Waals surface area (Å²) in [6.45, 7) is 4.37. The van der Waals surface area contributed by atoms with Crippen LogP contribution in [0.2, 0.25) is 0 Å². The van der Waals surface area contributed by atoms with E-state index in [4.69, 9.17) is 9.41 Å². The summed E-state index contributed by atoms with van der Waals surface area (Å²) in [7, 11) is 4.10. The monoisotopic (exact) mass is 739 g/mol. The molecular formula is C51H41N5O. The number of aliphatic imine (C=N–C) groups is 1. The Hall–Kier alpha value is -7.15. The molecule has 1 N–H and O–H groups in total. The van der Waals surface area contributed by atoms with Crippen molar-refractivity contribution in [1.29, 1.82) is 0 Å². The third-order valence-electron chi connectivity index (χ3n) is 11.2. The van der Waals surface area contributed by atoms with E-state index in [1.807, 2.05) is 37.4 Å². The highest BCUT2D eigenvalue weighted by molar-refractivity contribution is 6.24. The smallest absolute Gasteiger partial charge is 0.135 e. The van der Waals surface area contributed by atoms with Gasteiger partial charge in [0.05, 0.1) is 28.6 Å². The maximum atomic E-state index is 6.26. The van der Waals surface area contributed by atoms with Gasteiger partial charge in [-0.15, -0.1) is 0 Å². The Bertz CT molecular complexity index is 3180. The summed E-state index contributed by atoms with van der Waals surface area (Å²) in [5.74, 6) is 0.909. The lowest BCUT2D eigenvalue weighted by atomic mass is 10.1. The fourth-order valence-electron chi connectivity index (χ4n) is 8.69. The molecule has 57 heavy (non-hydrogen) atoms. The Kier molecular flexibility index (Phi) is 8.54. The molecule has 10 rings (SSSR count). The minimum atomic E-state index is -0.123. The number of aromatic nitrogens is 2. The molecular weight excluding hydrogens is 699 g/mol. The number of rotatable bonds is 9. The summed E-state index contributed by atoms with van der Waals surface area (Å²) in [5.41, 5.74) is 10.8. The van der Waals surface area contributed by atoms with E-state index in [1.54, 1.807) is 6.08 Å². The predicted molar refractivity (Wildman–Crippen MR) is 239 cm³/mol. The van der Waals surface area contributed by atoms with Gasteiger partial charge in [-0.05, 0) is 61.1 Å². The normalized spacial score (nSPS) is 12.9. The lowest BCUT2D eigenvalue weighted by molar-refractivity contribution is 0.331. The van der Waals surface area contributed by atoms with Crippen molar-refractivity contribution in [2.24, 2.45) is 4.99 Å². The first-order chi connectivity index (χ1) is 28.1. The van der Waals surface area contributed by atoms with Gasteiger partial charge in [-0.25, -0.2) is 0 Å². The van der Waals surface area contributed by atoms with Crippen molar-refractivity contribution in [2.75, 3.05) is 20.6 Å². The van der Waals surface area contributed by atoms with Crippen molar-refractivity contribution in [3.8, 4) is 11.4 Å². The maximum Gasteiger partial charge on any atom is 0.135 e. The summed E-state index contributed by atoms with van der Waals surface area (Å²) in [6.07, 6.45) is 5.61. The Labute approximate surface area is 330 Å². The number of hydrogen-bond donors (Lipinski definition) is 1. The second-order valence-electron chi connectivity index (χ2n) is 14.4. The first-order valence-electron chi connectivity index (χ1n) is 19.4. The number of allylic oxidation sites excluding steroid dienone is 2. The number of nitrogens with one attached hydrogen (secondary N) is 1. The van der Waals surface area contributed by atoms with Gasteiger partial charge in [0.1, 0.15) is 23.2 Å². The van der Waals surface area contributed by atoms with Crippen LogP contribution in [0.5, 0.6) is 0 Å². The third-order valence-corrected chi connectivity index (χ3v) is 11.2. The average Bonchev–Trinajstić information content (AvgIpc) is 3.92. The van der Waals surface area contributed by atoms with Gasteiger partial charge in [-0.1, -0.05) is 134 Å². The zero-order chi connectivity index (χ0) is 38.5. The molecule has 0 radical (unpaired) electrons. The van der Waals surface area contributed by atoms with Crippen molar-refractivity contribution in [3.05, 3.63) is 194 Å². The van der Waals surface area contributed by atoms with E-state index in [0.717, 1.165) is 61.3 Å². The molecule has 0 saturated carbocycles. The number of hydrogen-bond acceptors (Lipinski definition) is 3. The van der Waals surface area contributed by atoms with Crippen LogP contribution < -0.4 is 5.32 Å². The lowest BCUT2D eigenvalue weighted by Gasteiger charge is -2.31. The van der Waals surface area contributed by atoms with E-state index >= 15 is 0 Å². The van der Waals surface area contributed by atoms with Crippen LogP contribution in [0.15, 0.2) is 192 Å². The van der Waals surface area contributed by atoms with Crippen LogP contribution >= 0.6 is 0 Å². The molecule has 7 aromatic carbocycles. The number of fused-ring (bicyclic) bond motifs is 10. The SMILES string of the molecule is C=C/C=C\CN=C(c1ccccc1)N(C)C(NC)c1ccc(-n2c3ccccc3c3ccc4c5ccccc5n(-c5ccc6oc7ccccc7c6c5)c4c32)cc1. The van der Waals surface area contributed by atoms with E-state index in [1.165, 1.54) is 32.6 Å². The van der Waals surface area contributed by atoms with Crippen molar-refractivity contribution >= 4 is 71.4 Å². The standard InChI is InChI=1S/C51H41N5O/c1-4-5-15-32-53-51(34-16-7-6-8-17-34)54(3)50(52-2)35-24-26-36(27-25-35)55-44-21-12-9-18-38(44)41-29-30-42-39-19-10-13-22-45(39)56(49(42)48(41)55)37-28-31-47-43(33-37)40-20-11-14-23-46(40)57-47/h4-31,33,50,52H,1,32H2,2-3H3/b15-5-,53-51?. The molecule has 0 aliphatic heterocycles. The fraction of sp³-hybridized carbons (Fsp3) is 0.0784. The average molecular weight is 740 g/mol. The van der Waals surface area contributed by atoms with Gasteiger partial charge in [0.15, 0.2) is 0 Å². The second-order valence-corrected chi connectivity index (χ2v) is 14.4. The summed E-state index contributed by atoms with van der Waals surface area (Å²) in [4.78, 5) is 7.23. The van der Waals surface area contributed by atoms with Crippen LogP contribution in [0.3, 0.4) is 0 Å². The van der Waals surface area contributed by atoms with Crippen LogP contribution in [0.25, 0.3) is 76.9 Å². The highest BCUT2D eigenvalue weighted by Crippen LogP contribution is 2.42. The molecule has 0 bridgehead atoms. The van der Waals surface area contributed by atoms with E-state index < -0.39 is 0 Å². The molecule has 6 heteroatoms. The third kappa shape index (κ3) is 5.64. The molecule has 0 spiro atoms. The quantitative estimate of drug-likeness (QED) is 0.0694. The minimum Gasteiger partial charge on any atom is -0.456 e. The number of nitrogens with zero attached hydrogens (tertiary/aromatic N) is 4. The largest absolute Gasteiger partial charge is 0.456 e. The molecule has 10 aromatic rings. The highest BCUT2D eigenvalue weighted by atomic mass is 16.3. The fourth-order valence-corrected chi connectivity index (χ4v) is 8.69. The second kappa shape index (κ2) is 14.2. The van der Waals surface area contributed by atoms with E-state index in [2.05, 4.69) is 173 Å². The predicted octanol–water partition coefficient (Wildman–Crippen LogP) is 12.1. The zero-order valence-corrected chi connectivity index (χ0v) is 31.9. The van der Waals surface area contributed by atoms with Gasteiger partial charge in [-0.3, -0.25) is 10.3 Å². The Balaban J connectivity index is 1.16. The summed E-state index contributed by atoms with van der Waals surface area (Å²) < 4.78 is 11.2. The van der Waals surface area contributed by atoms with Gasteiger partial charge < -0.3 is 18.5 Å². The number of benzene rings is 7. The van der Waals surface area contributed by atoms with Gasteiger partial charge >= 0.3 is 0 Å². The summed E-state index contributed by atoms with van der Waals surface area (Å²) >= 11 is 0. The molecule has 6 nitrogen and oxygen atoms in total. The zero-order valence-electron chi connectivity index (χ0n) is 31.9. The number of para-hydroxylation sites is 3. The first kappa shape index (κ1) is 34.3. The van der Waals surface area contributed by atoms with Crippen LogP contribution in [0.1, 0.15) is 17.3 Å². The Morgan fingerprint density at radius 1 is 0.649 bits per heavy atom. The summed E-state index contributed by atoms with van der Waals surface area (Å²) in [5, 5.41) is 10.6. The molecule has 276 valence electrons. The van der Waals surface area contributed by atoms with Gasteiger partial charge in [0, 0.05) is 56.3 Å². The van der Waals surface area contributed by atoms with Crippen LogP contribution in [-0.2, 0) is 0 Å². The van der Waals surface area contributed by atoms with Gasteiger partial charge in [-0.2, -0.15) is 0 Å². The van der Waals surface area contributed by atoms with Crippen molar-refractivity contribution in [2.45, 2.75) is 6.17 Å². The lowest BCUT2D eigenvalue weighted by Crippen LogP contribution is -2.38. The molecule has 0 aliphatic rings. The number of furan rings is 1. The van der Waals surface area contributed by atoms with Crippen molar-refractivity contribution in [1.82, 2.24) is 19.4 Å². The highest BCUT2D eigenvalue weighted by Gasteiger charge is 2.23.